The zero-order chi connectivity index (χ0) is 20.4. The van der Waals surface area contributed by atoms with Gasteiger partial charge in [0.25, 0.3) is 0 Å². The van der Waals surface area contributed by atoms with Crippen molar-refractivity contribution in [1.82, 2.24) is 0 Å². The average Bonchev–Trinajstić information content (AvgIpc) is 3.33. The van der Waals surface area contributed by atoms with Crippen LogP contribution in [0.5, 0.6) is 0 Å². The van der Waals surface area contributed by atoms with Crippen LogP contribution in [-0.2, 0) is 23.8 Å². The summed E-state index contributed by atoms with van der Waals surface area (Å²) in [7, 11) is 2.35. The molecule has 28 heavy (non-hydrogen) atoms. The molecule has 1 aliphatic rings. The highest BCUT2D eigenvalue weighted by atomic mass is 79.9. The molecule has 0 spiro atoms. The quantitative estimate of drug-likeness (QED) is 0.402. The minimum absolute atomic E-state index is 0.0300. The van der Waals surface area contributed by atoms with Crippen LogP contribution in [-0.4, -0.2) is 38.0 Å². The molecule has 1 aliphatic heterocycles. The van der Waals surface area contributed by atoms with Gasteiger partial charge < -0.3 is 14.2 Å². The zero-order valence-corrected chi connectivity index (χ0v) is 19.3. The summed E-state index contributed by atoms with van der Waals surface area (Å²) in [6.07, 6.45) is 0.0422. The Kier molecular flexibility index (Phi) is 6.54. The lowest BCUT2D eigenvalue weighted by atomic mass is 9.95. The Morgan fingerprint density at radius 1 is 1.00 bits per heavy atom. The lowest BCUT2D eigenvalue weighted by Crippen LogP contribution is -2.35. The van der Waals surface area contributed by atoms with Crippen molar-refractivity contribution in [2.75, 3.05) is 14.2 Å². The fraction of sp³-hybridized carbons (Fsp3) is 0.167. The van der Waals surface area contributed by atoms with Crippen LogP contribution < -0.4 is 0 Å². The van der Waals surface area contributed by atoms with Crippen molar-refractivity contribution < 1.29 is 28.6 Å². The molecule has 0 N–H and O–H groups in total. The van der Waals surface area contributed by atoms with Gasteiger partial charge in [0.15, 0.2) is 0 Å². The smallest absolute Gasteiger partial charge is 0.352 e. The molecule has 146 valence electrons. The number of thiophene rings is 2. The Bertz CT molecular complexity index is 1020. The molecule has 1 atom stereocenters. The van der Waals surface area contributed by atoms with E-state index in [1.165, 1.54) is 43.0 Å². The molecule has 10 heteroatoms. The summed E-state index contributed by atoms with van der Waals surface area (Å²) >= 11 is 9.27. The maximum atomic E-state index is 13.1. The number of ketones is 1. The van der Waals surface area contributed by atoms with Gasteiger partial charge in [-0.1, -0.05) is 0 Å². The second kappa shape index (κ2) is 8.73. The van der Waals surface area contributed by atoms with Crippen molar-refractivity contribution in [2.45, 2.75) is 6.10 Å². The Labute approximate surface area is 185 Å². The van der Waals surface area contributed by atoms with E-state index in [1.54, 1.807) is 18.2 Å². The molecule has 2 aromatic heterocycles. The number of hydrogen-bond acceptors (Lipinski definition) is 8. The van der Waals surface area contributed by atoms with Crippen molar-refractivity contribution in [3.05, 3.63) is 58.8 Å². The van der Waals surface area contributed by atoms with Gasteiger partial charge in [-0.05, 0) is 62.2 Å². The maximum absolute atomic E-state index is 13.1. The lowest BCUT2D eigenvalue weighted by molar-refractivity contribution is -0.151. The highest BCUT2D eigenvalue weighted by molar-refractivity contribution is 9.11. The Hall–Kier alpha value is -1.75. The first-order valence-corrected chi connectivity index (χ1v) is 10.9. The van der Waals surface area contributed by atoms with E-state index in [1.807, 2.05) is 6.07 Å². The number of rotatable bonds is 5. The van der Waals surface area contributed by atoms with Crippen molar-refractivity contribution in [3.63, 3.8) is 0 Å². The second-order valence-corrected chi connectivity index (χ2v) is 10.3. The van der Waals surface area contributed by atoms with E-state index in [9.17, 15) is 14.4 Å². The Morgan fingerprint density at radius 2 is 1.68 bits per heavy atom. The maximum Gasteiger partial charge on any atom is 0.352 e. The van der Waals surface area contributed by atoms with E-state index in [-0.39, 0.29) is 16.9 Å². The molecular formula is C18H12Br2O6S2. The Morgan fingerprint density at radius 3 is 2.21 bits per heavy atom. The highest BCUT2D eigenvalue weighted by Crippen LogP contribution is 2.37. The van der Waals surface area contributed by atoms with E-state index in [0.717, 1.165) is 7.57 Å². The number of carbonyl (C=O) groups excluding carboxylic acids is 3. The SMILES string of the molecule is COC(=O)C1=C(C(=O)c2ccc(Br)s2)C=C(c2ccc(Br)s2)OC1C(=O)OC. The van der Waals surface area contributed by atoms with Crippen molar-refractivity contribution >= 4 is 78.0 Å². The predicted octanol–water partition coefficient (Wildman–Crippen LogP) is 4.60. The number of Topliss-reactive ketones (excluding diaryl/α,β-unsaturated/α-hetero) is 1. The van der Waals surface area contributed by atoms with Gasteiger partial charge in [-0.25, -0.2) is 9.59 Å². The van der Waals surface area contributed by atoms with Crippen molar-refractivity contribution in [2.24, 2.45) is 0 Å². The van der Waals surface area contributed by atoms with Gasteiger partial charge in [0.1, 0.15) is 11.3 Å². The summed E-state index contributed by atoms with van der Waals surface area (Å²) in [5.74, 6) is -1.77. The molecule has 0 saturated carbocycles. The van der Waals surface area contributed by atoms with Gasteiger partial charge in [-0.2, -0.15) is 0 Å². The summed E-state index contributed by atoms with van der Waals surface area (Å²) in [6, 6.07) is 6.96. The highest BCUT2D eigenvalue weighted by Gasteiger charge is 2.40. The number of methoxy groups -OCH3 is 2. The van der Waals surface area contributed by atoms with Crippen LogP contribution >= 0.6 is 54.5 Å². The third kappa shape index (κ3) is 4.14. The normalized spacial score (nSPS) is 16.3. The minimum Gasteiger partial charge on any atom is -0.472 e. The van der Waals surface area contributed by atoms with Crippen LogP contribution in [0.4, 0.5) is 0 Å². The number of hydrogen-bond donors (Lipinski definition) is 0. The van der Waals surface area contributed by atoms with Crippen LogP contribution in [0.2, 0.25) is 0 Å². The molecule has 0 aromatic carbocycles. The number of ether oxygens (including phenoxy) is 3. The second-order valence-electron chi connectivity index (χ2n) is 5.39. The number of allylic oxidation sites excluding steroid dienone is 2. The largest absolute Gasteiger partial charge is 0.472 e. The van der Waals surface area contributed by atoms with E-state index < -0.39 is 23.8 Å². The topological polar surface area (TPSA) is 78.9 Å². The third-order valence-electron chi connectivity index (χ3n) is 3.75. The van der Waals surface area contributed by atoms with Gasteiger partial charge in [0, 0.05) is 5.57 Å². The van der Waals surface area contributed by atoms with Gasteiger partial charge in [0.05, 0.1) is 31.5 Å². The summed E-state index contributed by atoms with van der Waals surface area (Å²) in [5.41, 5.74) is -0.161. The zero-order valence-electron chi connectivity index (χ0n) is 14.5. The van der Waals surface area contributed by atoms with E-state index in [0.29, 0.717) is 9.75 Å². The molecule has 0 amide bonds. The first kappa shape index (κ1) is 21.0. The van der Waals surface area contributed by atoms with Gasteiger partial charge in [0.2, 0.25) is 11.9 Å². The molecule has 1 unspecified atom stereocenters. The van der Waals surface area contributed by atoms with Crippen molar-refractivity contribution in [1.29, 1.82) is 0 Å². The molecule has 3 rings (SSSR count). The van der Waals surface area contributed by atoms with Gasteiger partial charge in [-0.15, -0.1) is 22.7 Å². The van der Waals surface area contributed by atoms with Crippen LogP contribution in [0, 0.1) is 0 Å². The molecule has 0 aliphatic carbocycles. The molecule has 6 nitrogen and oxygen atoms in total. The molecule has 0 radical (unpaired) electrons. The molecule has 0 fully saturated rings. The lowest BCUT2D eigenvalue weighted by Gasteiger charge is -2.25. The van der Waals surface area contributed by atoms with Crippen LogP contribution in [0.3, 0.4) is 0 Å². The molecule has 3 heterocycles. The molecular weight excluding hydrogens is 536 g/mol. The predicted molar refractivity (Wildman–Crippen MR) is 112 cm³/mol. The fourth-order valence-electron chi connectivity index (χ4n) is 2.50. The standard InChI is InChI=1S/C18H12Br2O6S2/c1-24-17(22)14-8(15(21)11-4-6-13(20)28-11)7-9(10-3-5-12(19)27-10)26-16(14)18(23)25-2/h3-7,16H,1-2H3. The molecule has 0 saturated heterocycles. The summed E-state index contributed by atoms with van der Waals surface area (Å²) in [5, 5.41) is 0. The van der Waals surface area contributed by atoms with Gasteiger partial charge in [-0.3, -0.25) is 4.79 Å². The average molecular weight is 548 g/mol. The first-order chi connectivity index (χ1) is 13.3. The molecule has 2 aromatic rings. The van der Waals surface area contributed by atoms with Crippen LogP contribution in [0.1, 0.15) is 14.5 Å². The summed E-state index contributed by atoms with van der Waals surface area (Å²) in [4.78, 5) is 39.0. The minimum atomic E-state index is -1.42. The monoisotopic (exact) mass is 546 g/mol. The van der Waals surface area contributed by atoms with E-state index in [4.69, 9.17) is 14.2 Å². The molecule has 0 bridgehead atoms. The summed E-state index contributed by atoms with van der Waals surface area (Å²) < 4.78 is 17.0. The first-order valence-electron chi connectivity index (χ1n) is 7.70. The van der Waals surface area contributed by atoms with Crippen LogP contribution in [0.15, 0.2) is 49.1 Å². The Balaban J connectivity index is 2.21. The third-order valence-corrected chi connectivity index (χ3v) is 7.01. The van der Waals surface area contributed by atoms with E-state index >= 15 is 0 Å². The van der Waals surface area contributed by atoms with Crippen molar-refractivity contribution in [3.8, 4) is 0 Å². The number of carbonyl (C=O) groups is 3. The summed E-state index contributed by atoms with van der Waals surface area (Å²) in [6.45, 7) is 0. The van der Waals surface area contributed by atoms with E-state index in [2.05, 4.69) is 31.9 Å². The van der Waals surface area contributed by atoms with Crippen LogP contribution in [0.25, 0.3) is 5.76 Å². The number of esters is 2. The fourth-order valence-corrected chi connectivity index (χ4v) is 5.19. The number of halogens is 2. The van der Waals surface area contributed by atoms with Gasteiger partial charge >= 0.3 is 11.9 Å².